The van der Waals surface area contributed by atoms with E-state index in [2.05, 4.69) is 29.0 Å². The molecule has 5 rings (SSSR count). The van der Waals surface area contributed by atoms with Gasteiger partial charge >= 0.3 is 17.9 Å². The molecule has 3 aromatic rings. The number of carboxylic acids is 3. The van der Waals surface area contributed by atoms with Gasteiger partial charge in [0.05, 0.1) is 12.8 Å². The molecule has 12 heteroatoms. The number of aliphatic hydroxyl groups is 1. The van der Waals surface area contributed by atoms with Crippen LogP contribution in [0.15, 0.2) is 54.7 Å². The van der Waals surface area contributed by atoms with Gasteiger partial charge in [-0.25, -0.2) is 9.18 Å². The molecular formula is C31H36FN3O8. The first-order valence-corrected chi connectivity index (χ1v) is 14.2. The van der Waals surface area contributed by atoms with Gasteiger partial charge in [-0.15, -0.1) is 0 Å². The number of aromatic nitrogens is 1. The number of fused-ring (bicyclic) bond motifs is 1. The number of benzene rings is 2. The maximum atomic E-state index is 14.6. The number of carbonyl (C=O) groups is 4. The highest BCUT2D eigenvalue weighted by Gasteiger charge is 2.41. The summed E-state index contributed by atoms with van der Waals surface area (Å²) in [5, 5.41) is 41.7. The molecule has 43 heavy (non-hydrogen) atoms. The van der Waals surface area contributed by atoms with Crippen molar-refractivity contribution < 1.29 is 44.0 Å². The summed E-state index contributed by atoms with van der Waals surface area (Å²) >= 11 is 0. The third kappa shape index (κ3) is 7.96. The quantitative estimate of drug-likeness (QED) is 0.183. The van der Waals surface area contributed by atoms with E-state index < -0.39 is 36.4 Å². The minimum absolute atomic E-state index is 0.0661. The summed E-state index contributed by atoms with van der Waals surface area (Å²) in [4.78, 5) is 42.9. The predicted molar refractivity (Wildman–Crippen MR) is 154 cm³/mol. The number of hydrogen-bond acceptors (Lipinski definition) is 6. The van der Waals surface area contributed by atoms with E-state index in [0.717, 1.165) is 60.6 Å². The monoisotopic (exact) mass is 597 g/mol. The lowest BCUT2D eigenvalue weighted by Crippen LogP contribution is -2.42. The van der Waals surface area contributed by atoms with E-state index in [1.165, 1.54) is 0 Å². The minimum Gasteiger partial charge on any atom is -0.481 e. The molecule has 2 aliphatic carbocycles. The molecule has 6 N–H and O–H groups in total. The van der Waals surface area contributed by atoms with Crippen molar-refractivity contribution in [2.75, 3.05) is 0 Å². The Morgan fingerprint density at radius 3 is 2.12 bits per heavy atom. The number of hydrogen-bond donors (Lipinski definition) is 6. The van der Waals surface area contributed by atoms with E-state index >= 15 is 0 Å². The van der Waals surface area contributed by atoms with Gasteiger partial charge in [0.1, 0.15) is 12.4 Å². The van der Waals surface area contributed by atoms with Crippen LogP contribution in [0.2, 0.25) is 0 Å². The van der Waals surface area contributed by atoms with Crippen molar-refractivity contribution >= 4 is 34.7 Å². The number of carbonyl (C=O) groups excluding carboxylic acids is 1. The first-order valence-electron chi connectivity index (χ1n) is 14.2. The van der Waals surface area contributed by atoms with Crippen LogP contribution in [0.5, 0.6) is 0 Å². The Morgan fingerprint density at radius 2 is 1.53 bits per heavy atom. The highest BCUT2D eigenvalue weighted by molar-refractivity contribution is 5.88. The van der Waals surface area contributed by atoms with Crippen molar-refractivity contribution in [3.63, 3.8) is 0 Å². The summed E-state index contributed by atoms with van der Waals surface area (Å²) in [7, 11) is 0. The van der Waals surface area contributed by atoms with E-state index in [0.29, 0.717) is 19.1 Å². The molecule has 2 fully saturated rings. The number of nitrogens with zero attached hydrogens (tertiary/aromatic N) is 1. The molecule has 1 heterocycles. The smallest absolute Gasteiger partial charge is 0.336 e. The zero-order valence-corrected chi connectivity index (χ0v) is 23.6. The van der Waals surface area contributed by atoms with E-state index in [4.69, 9.17) is 20.4 Å². The SMILES string of the molecule is O=C(Cn1cc(CNC2(c3ccccc3F)CCCC2)c2ccccc21)NC1CC1.O=C(O)CC(O)(CC(=O)O)C(=O)O. The van der Waals surface area contributed by atoms with Crippen molar-refractivity contribution in [1.29, 1.82) is 0 Å². The fourth-order valence-electron chi connectivity index (χ4n) is 5.60. The number of amides is 1. The van der Waals surface area contributed by atoms with Crippen LogP contribution in [-0.2, 0) is 37.8 Å². The van der Waals surface area contributed by atoms with E-state index in [9.17, 15) is 23.6 Å². The Bertz CT molecular complexity index is 1480. The first kappa shape index (κ1) is 31.6. The second kappa shape index (κ2) is 13.3. The Kier molecular flexibility index (Phi) is 9.82. The lowest BCUT2D eigenvalue weighted by atomic mass is 9.87. The van der Waals surface area contributed by atoms with Crippen LogP contribution < -0.4 is 10.6 Å². The number of carboxylic acid groups (broad SMARTS) is 3. The molecule has 2 saturated carbocycles. The van der Waals surface area contributed by atoms with Crippen LogP contribution in [0.3, 0.4) is 0 Å². The van der Waals surface area contributed by atoms with Gasteiger partial charge < -0.3 is 35.6 Å². The van der Waals surface area contributed by atoms with Crippen molar-refractivity contribution in [3.8, 4) is 0 Å². The van der Waals surface area contributed by atoms with Gasteiger partial charge in [0, 0.05) is 40.8 Å². The second-order valence-electron chi connectivity index (χ2n) is 11.2. The summed E-state index contributed by atoms with van der Waals surface area (Å²) in [5.41, 5.74) is -0.0793. The minimum atomic E-state index is -2.74. The number of nitrogens with one attached hydrogen (secondary N) is 2. The highest BCUT2D eigenvalue weighted by Crippen LogP contribution is 2.40. The predicted octanol–water partition coefficient (Wildman–Crippen LogP) is 3.37. The fourth-order valence-corrected chi connectivity index (χ4v) is 5.60. The summed E-state index contributed by atoms with van der Waals surface area (Å²) in [6, 6.07) is 15.7. The summed E-state index contributed by atoms with van der Waals surface area (Å²) in [6.45, 7) is 0.974. The largest absolute Gasteiger partial charge is 0.481 e. The van der Waals surface area contributed by atoms with E-state index in [1.54, 1.807) is 12.1 Å². The van der Waals surface area contributed by atoms with Gasteiger partial charge in [0.25, 0.3) is 0 Å². The van der Waals surface area contributed by atoms with Crippen LogP contribution in [-0.4, -0.2) is 60.5 Å². The van der Waals surface area contributed by atoms with Crippen LogP contribution in [0.1, 0.15) is 62.5 Å². The summed E-state index contributed by atoms with van der Waals surface area (Å²) in [5.74, 6) is -5.09. The van der Waals surface area contributed by atoms with Crippen molar-refractivity contribution in [2.24, 2.45) is 0 Å². The third-order valence-electron chi connectivity index (χ3n) is 7.88. The Morgan fingerprint density at radius 1 is 0.930 bits per heavy atom. The molecule has 0 unspecified atom stereocenters. The van der Waals surface area contributed by atoms with E-state index in [-0.39, 0.29) is 17.3 Å². The molecule has 0 saturated heterocycles. The normalized spacial score (nSPS) is 15.9. The van der Waals surface area contributed by atoms with Gasteiger partial charge in [0.15, 0.2) is 5.60 Å². The standard InChI is InChI=1S/C25H28FN3O.C6H8O7/c26-22-9-3-2-8-21(22)25(13-5-6-14-25)27-15-18-16-29(17-24(30)28-19-11-12-19)23-10-4-1-7-20(18)23;7-3(8)1-6(13,5(11)12)2-4(9)10/h1-4,7-10,16,19,27H,5-6,11-15,17H2,(H,28,30);13H,1-2H2,(H,7,8)(H,9,10)(H,11,12). The average Bonchev–Trinajstić information content (AvgIpc) is 3.50. The van der Waals surface area contributed by atoms with Crippen molar-refractivity contribution in [1.82, 2.24) is 15.2 Å². The molecule has 0 aliphatic heterocycles. The van der Waals surface area contributed by atoms with Crippen molar-refractivity contribution in [3.05, 3.63) is 71.7 Å². The maximum Gasteiger partial charge on any atom is 0.336 e. The molecule has 0 bridgehead atoms. The molecular weight excluding hydrogens is 561 g/mol. The molecule has 1 amide bonds. The molecule has 1 aromatic heterocycles. The molecule has 2 aromatic carbocycles. The Hall–Kier alpha value is -4.29. The molecule has 0 atom stereocenters. The Balaban J connectivity index is 0.000000277. The first-order chi connectivity index (χ1) is 20.4. The number of rotatable bonds is 12. The van der Waals surface area contributed by atoms with Gasteiger partial charge in [-0.05, 0) is 43.4 Å². The topological polar surface area (TPSA) is 178 Å². The van der Waals surface area contributed by atoms with Crippen LogP contribution in [0.4, 0.5) is 4.39 Å². The van der Waals surface area contributed by atoms with Crippen molar-refractivity contribution in [2.45, 2.75) is 81.6 Å². The van der Waals surface area contributed by atoms with Gasteiger partial charge in [0.2, 0.25) is 5.91 Å². The molecule has 230 valence electrons. The zero-order chi connectivity index (χ0) is 31.2. The highest BCUT2D eigenvalue weighted by atomic mass is 19.1. The number of halogens is 1. The van der Waals surface area contributed by atoms with Gasteiger partial charge in [-0.3, -0.25) is 14.4 Å². The van der Waals surface area contributed by atoms with Gasteiger partial charge in [-0.1, -0.05) is 49.2 Å². The molecule has 0 spiro atoms. The van der Waals surface area contributed by atoms with Gasteiger partial charge in [-0.2, -0.15) is 0 Å². The Labute approximate surface area is 247 Å². The summed E-state index contributed by atoms with van der Waals surface area (Å²) in [6.07, 6.45) is 6.05. The fraction of sp³-hybridized carbons (Fsp3) is 0.419. The maximum absolute atomic E-state index is 14.6. The summed E-state index contributed by atoms with van der Waals surface area (Å²) < 4.78 is 16.7. The molecule has 2 aliphatic rings. The third-order valence-corrected chi connectivity index (χ3v) is 7.88. The lowest BCUT2D eigenvalue weighted by molar-refractivity contribution is -0.170. The van der Waals surface area contributed by atoms with Crippen LogP contribution >= 0.6 is 0 Å². The number of para-hydroxylation sites is 1. The molecule has 0 radical (unpaired) electrons. The number of aliphatic carboxylic acids is 3. The lowest BCUT2D eigenvalue weighted by Gasteiger charge is -2.31. The van der Waals surface area contributed by atoms with Crippen LogP contribution in [0, 0.1) is 5.82 Å². The average molecular weight is 598 g/mol. The van der Waals surface area contributed by atoms with E-state index in [1.807, 2.05) is 28.8 Å². The zero-order valence-electron chi connectivity index (χ0n) is 23.6. The molecule has 11 nitrogen and oxygen atoms in total. The van der Waals surface area contributed by atoms with Crippen LogP contribution in [0.25, 0.3) is 10.9 Å². The second-order valence-corrected chi connectivity index (χ2v) is 11.2.